The molecule has 0 aliphatic heterocycles. The predicted molar refractivity (Wildman–Crippen MR) is 152 cm³/mol. The summed E-state index contributed by atoms with van der Waals surface area (Å²) in [5.41, 5.74) is 3.69. The van der Waals surface area contributed by atoms with E-state index in [1.165, 1.54) is 22.3 Å². The average molecular weight is 554 g/mol. The standard InChI is InChI=1S/C30H36FN3O4S/c1-22-16-17-26(19-23(22)2)34(39(4,37)38)18-10-15-29(35)33(21-25-13-8-9-14-27(25)31)28(30(36)32-3)20-24-11-6-5-7-12-24/h5-9,11-14,16-17,19,28H,10,15,18,20-21H2,1-4H3,(H,32,36)/t28-/m1/s1. The van der Waals surface area contributed by atoms with Crippen molar-refractivity contribution >= 4 is 27.5 Å². The fraction of sp³-hybridized carbons (Fsp3) is 0.333. The van der Waals surface area contributed by atoms with E-state index in [9.17, 15) is 22.4 Å². The predicted octanol–water partition coefficient (Wildman–Crippen LogP) is 4.37. The Morgan fingerprint density at radius 3 is 2.23 bits per heavy atom. The summed E-state index contributed by atoms with van der Waals surface area (Å²) in [7, 11) is -2.10. The molecular formula is C30H36FN3O4S. The molecule has 3 rings (SSSR count). The van der Waals surface area contributed by atoms with Gasteiger partial charge >= 0.3 is 0 Å². The van der Waals surface area contributed by atoms with E-state index in [0.717, 1.165) is 22.9 Å². The van der Waals surface area contributed by atoms with Crippen LogP contribution in [0.25, 0.3) is 0 Å². The summed E-state index contributed by atoms with van der Waals surface area (Å²) in [5.74, 6) is -1.20. The van der Waals surface area contributed by atoms with Gasteiger partial charge in [0, 0.05) is 38.5 Å². The maximum atomic E-state index is 14.6. The van der Waals surface area contributed by atoms with Crippen molar-refractivity contribution in [2.24, 2.45) is 0 Å². The minimum absolute atomic E-state index is 0.0202. The van der Waals surface area contributed by atoms with Gasteiger partial charge in [0.15, 0.2) is 0 Å². The molecule has 3 aromatic carbocycles. The lowest BCUT2D eigenvalue weighted by molar-refractivity contribution is -0.141. The molecule has 0 heterocycles. The number of nitrogens with zero attached hydrogens (tertiary/aromatic N) is 2. The van der Waals surface area contributed by atoms with Gasteiger partial charge in [-0.1, -0.05) is 54.6 Å². The van der Waals surface area contributed by atoms with Crippen LogP contribution >= 0.6 is 0 Å². The molecule has 0 saturated heterocycles. The number of rotatable bonds is 12. The first-order valence-electron chi connectivity index (χ1n) is 12.8. The van der Waals surface area contributed by atoms with Gasteiger partial charge < -0.3 is 10.2 Å². The second kappa shape index (κ2) is 13.4. The first-order valence-corrected chi connectivity index (χ1v) is 14.7. The van der Waals surface area contributed by atoms with Gasteiger partial charge in [-0.15, -0.1) is 0 Å². The summed E-state index contributed by atoms with van der Waals surface area (Å²) in [6.45, 7) is 3.85. The van der Waals surface area contributed by atoms with Crippen molar-refractivity contribution in [3.8, 4) is 0 Å². The quantitative estimate of drug-likeness (QED) is 0.361. The number of amides is 2. The molecule has 0 spiro atoms. The molecule has 1 atom stereocenters. The van der Waals surface area contributed by atoms with Gasteiger partial charge in [-0.25, -0.2) is 12.8 Å². The zero-order chi connectivity index (χ0) is 28.6. The molecule has 0 aromatic heterocycles. The molecule has 0 aliphatic carbocycles. The SMILES string of the molecule is CNC(=O)[C@@H](Cc1ccccc1)N(Cc1ccccc1F)C(=O)CCCN(c1ccc(C)c(C)c1)S(C)(=O)=O. The molecule has 1 N–H and O–H groups in total. The monoisotopic (exact) mass is 553 g/mol. The fourth-order valence-electron chi connectivity index (χ4n) is 4.42. The van der Waals surface area contributed by atoms with Crippen molar-refractivity contribution in [3.63, 3.8) is 0 Å². The van der Waals surface area contributed by atoms with E-state index in [-0.39, 0.29) is 44.2 Å². The summed E-state index contributed by atoms with van der Waals surface area (Å²) in [6, 6.07) is 20.0. The number of hydrogen-bond acceptors (Lipinski definition) is 4. The van der Waals surface area contributed by atoms with Crippen LogP contribution in [0.5, 0.6) is 0 Å². The molecule has 0 fully saturated rings. The molecule has 3 aromatic rings. The Hall–Kier alpha value is -3.72. The van der Waals surface area contributed by atoms with Crippen LogP contribution < -0.4 is 9.62 Å². The third-order valence-corrected chi connectivity index (χ3v) is 7.94. The number of carbonyl (C=O) groups is 2. The highest BCUT2D eigenvalue weighted by molar-refractivity contribution is 7.92. The van der Waals surface area contributed by atoms with Gasteiger partial charge in [-0.3, -0.25) is 13.9 Å². The number of benzene rings is 3. The zero-order valence-corrected chi connectivity index (χ0v) is 23.7. The van der Waals surface area contributed by atoms with E-state index in [0.29, 0.717) is 11.3 Å². The molecular weight excluding hydrogens is 517 g/mol. The summed E-state index contributed by atoms with van der Waals surface area (Å²) in [4.78, 5) is 28.0. The molecule has 208 valence electrons. The van der Waals surface area contributed by atoms with Crippen molar-refractivity contribution in [2.75, 3.05) is 24.2 Å². The molecule has 2 amide bonds. The highest BCUT2D eigenvalue weighted by atomic mass is 32.2. The van der Waals surface area contributed by atoms with Crippen LogP contribution in [0.4, 0.5) is 10.1 Å². The van der Waals surface area contributed by atoms with E-state index >= 15 is 0 Å². The minimum atomic E-state index is -3.60. The number of carbonyl (C=O) groups excluding carboxylic acids is 2. The van der Waals surface area contributed by atoms with Crippen molar-refractivity contribution in [3.05, 3.63) is 101 Å². The van der Waals surface area contributed by atoms with Crippen LogP contribution in [-0.2, 0) is 32.6 Å². The molecule has 0 saturated carbocycles. The molecule has 9 heteroatoms. The highest BCUT2D eigenvalue weighted by Crippen LogP contribution is 2.23. The number of sulfonamides is 1. The average Bonchev–Trinajstić information content (AvgIpc) is 2.90. The normalized spacial score (nSPS) is 12.0. The van der Waals surface area contributed by atoms with Crippen LogP contribution in [0.15, 0.2) is 72.8 Å². The Bertz CT molecular complexity index is 1400. The van der Waals surface area contributed by atoms with Gasteiger partial charge in [0.1, 0.15) is 11.9 Å². The number of likely N-dealkylation sites (N-methyl/N-ethyl adjacent to an activating group) is 1. The maximum Gasteiger partial charge on any atom is 0.242 e. The Balaban J connectivity index is 1.86. The van der Waals surface area contributed by atoms with Crippen molar-refractivity contribution < 1.29 is 22.4 Å². The highest BCUT2D eigenvalue weighted by Gasteiger charge is 2.30. The summed E-state index contributed by atoms with van der Waals surface area (Å²) in [6.07, 6.45) is 1.58. The summed E-state index contributed by atoms with van der Waals surface area (Å²) < 4.78 is 41.1. The number of nitrogens with one attached hydrogen (secondary N) is 1. The molecule has 7 nitrogen and oxygen atoms in total. The van der Waals surface area contributed by atoms with E-state index in [2.05, 4.69) is 5.32 Å². The van der Waals surface area contributed by atoms with E-state index in [4.69, 9.17) is 0 Å². The van der Waals surface area contributed by atoms with Crippen LogP contribution in [0, 0.1) is 19.7 Å². The minimum Gasteiger partial charge on any atom is -0.357 e. The Morgan fingerprint density at radius 2 is 1.62 bits per heavy atom. The molecule has 0 radical (unpaired) electrons. The molecule has 0 bridgehead atoms. The number of aryl methyl sites for hydroxylation is 2. The van der Waals surface area contributed by atoms with E-state index < -0.39 is 21.9 Å². The Kier molecular flexibility index (Phi) is 10.2. The van der Waals surface area contributed by atoms with E-state index in [1.54, 1.807) is 24.3 Å². The smallest absolute Gasteiger partial charge is 0.242 e. The Labute approximate surface area is 230 Å². The van der Waals surface area contributed by atoms with Crippen LogP contribution in [-0.4, -0.2) is 51.0 Å². The summed E-state index contributed by atoms with van der Waals surface area (Å²) in [5, 5.41) is 2.63. The number of halogens is 1. The molecule has 0 unspecified atom stereocenters. The van der Waals surface area contributed by atoms with Gasteiger partial charge in [0.25, 0.3) is 0 Å². The van der Waals surface area contributed by atoms with E-state index in [1.807, 2.05) is 56.3 Å². The van der Waals surface area contributed by atoms with Gasteiger partial charge in [-0.2, -0.15) is 0 Å². The lowest BCUT2D eigenvalue weighted by atomic mass is 10.0. The third-order valence-electron chi connectivity index (χ3n) is 6.75. The fourth-order valence-corrected chi connectivity index (χ4v) is 5.37. The summed E-state index contributed by atoms with van der Waals surface area (Å²) >= 11 is 0. The maximum absolute atomic E-state index is 14.6. The largest absolute Gasteiger partial charge is 0.357 e. The molecule has 39 heavy (non-hydrogen) atoms. The third kappa shape index (κ3) is 8.13. The lowest BCUT2D eigenvalue weighted by Crippen LogP contribution is -2.50. The van der Waals surface area contributed by atoms with Crippen LogP contribution in [0.2, 0.25) is 0 Å². The second-order valence-corrected chi connectivity index (χ2v) is 11.5. The van der Waals surface area contributed by atoms with Crippen LogP contribution in [0.3, 0.4) is 0 Å². The Morgan fingerprint density at radius 1 is 0.949 bits per heavy atom. The first-order chi connectivity index (χ1) is 18.5. The second-order valence-electron chi connectivity index (χ2n) is 9.64. The number of hydrogen-bond donors (Lipinski definition) is 1. The first kappa shape index (κ1) is 29.8. The zero-order valence-electron chi connectivity index (χ0n) is 22.9. The van der Waals surface area contributed by atoms with Crippen molar-refractivity contribution in [1.29, 1.82) is 0 Å². The van der Waals surface area contributed by atoms with Crippen LogP contribution in [0.1, 0.15) is 35.1 Å². The van der Waals surface area contributed by atoms with Crippen molar-refractivity contribution in [1.82, 2.24) is 10.2 Å². The van der Waals surface area contributed by atoms with Gasteiger partial charge in [-0.05, 0) is 55.2 Å². The van der Waals surface area contributed by atoms with Gasteiger partial charge in [0.05, 0.1) is 11.9 Å². The van der Waals surface area contributed by atoms with Gasteiger partial charge in [0.2, 0.25) is 21.8 Å². The number of anilines is 1. The topological polar surface area (TPSA) is 86.8 Å². The molecule has 0 aliphatic rings. The van der Waals surface area contributed by atoms with Crippen molar-refractivity contribution in [2.45, 2.75) is 45.7 Å². The lowest BCUT2D eigenvalue weighted by Gasteiger charge is -2.31.